The van der Waals surface area contributed by atoms with Crippen molar-refractivity contribution in [2.45, 2.75) is 38.1 Å². The summed E-state index contributed by atoms with van der Waals surface area (Å²) in [7, 11) is -2.47. The molecule has 4 rings (SSSR count). The number of benzene rings is 3. The monoisotopic (exact) mass is 401 g/mol. The van der Waals surface area contributed by atoms with Gasteiger partial charge in [-0.05, 0) is 33.5 Å². The van der Waals surface area contributed by atoms with Crippen LogP contribution >= 0.6 is 0 Å². The average Bonchev–Trinajstić information content (AvgIpc) is 2.75. The molecule has 150 valence electrons. The summed E-state index contributed by atoms with van der Waals surface area (Å²) in [5.41, 5.74) is 2.64. The zero-order valence-electron chi connectivity index (χ0n) is 17.7. The zero-order chi connectivity index (χ0) is 20.3. The maximum Gasteiger partial charge on any atom is 0.261 e. The summed E-state index contributed by atoms with van der Waals surface area (Å²) < 4.78 is 7.17. The first-order chi connectivity index (χ1) is 14.0. The lowest BCUT2D eigenvalue weighted by atomic mass is 9.92. The molecule has 1 aliphatic heterocycles. The topological polar surface area (TPSA) is 21.3 Å². The molecular formula is C26H31NOSi. The summed E-state index contributed by atoms with van der Waals surface area (Å²) in [6.45, 7) is 8.79. The van der Waals surface area contributed by atoms with Crippen molar-refractivity contribution in [1.29, 1.82) is 0 Å². The Kier molecular flexibility index (Phi) is 5.62. The van der Waals surface area contributed by atoms with Crippen molar-refractivity contribution in [1.82, 2.24) is 0 Å². The Morgan fingerprint density at radius 3 is 1.97 bits per heavy atom. The molecule has 3 heteroatoms. The van der Waals surface area contributed by atoms with E-state index in [1.165, 1.54) is 21.6 Å². The number of rotatable bonds is 5. The first-order valence-electron chi connectivity index (χ1n) is 10.6. The van der Waals surface area contributed by atoms with Crippen LogP contribution in [0.4, 0.5) is 5.69 Å². The Morgan fingerprint density at radius 2 is 1.38 bits per heavy atom. The number of hydrogen-bond acceptors (Lipinski definition) is 2. The second-order valence-corrected chi connectivity index (χ2v) is 13.3. The second-order valence-electron chi connectivity index (χ2n) is 8.97. The molecule has 0 bridgehead atoms. The lowest BCUT2D eigenvalue weighted by molar-refractivity contribution is 0.265. The molecule has 29 heavy (non-hydrogen) atoms. The Bertz CT molecular complexity index is 894. The van der Waals surface area contributed by atoms with Crippen LogP contribution in [0.2, 0.25) is 5.04 Å². The van der Waals surface area contributed by atoms with Gasteiger partial charge in [0.25, 0.3) is 8.32 Å². The molecule has 1 heterocycles. The number of fused-ring (bicyclic) bond motifs is 1. The number of nitrogens with one attached hydrogen (secondary N) is 1. The second kappa shape index (κ2) is 8.17. The smallest absolute Gasteiger partial charge is 0.261 e. The SMILES string of the molecule is CC(C)(C)[Si](OCC1CCNc2ccccc21)(c1ccccc1)c1ccccc1. The third kappa shape index (κ3) is 3.77. The first kappa shape index (κ1) is 19.9. The summed E-state index contributed by atoms with van der Waals surface area (Å²) in [6.07, 6.45) is 1.11. The molecule has 0 aliphatic carbocycles. The predicted octanol–water partition coefficient (Wildman–Crippen LogP) is 5.16. The Labute approximate surface area is 176 Å². The largest absolute Gasteiger partial charge is 0.407 e. The van der Waals surface area contributed by atoms with E-state index >= 15 is 0 Å². The molecular weight excluding hydrogens is 370 g/mol. The zero-order valence-corrected chi connectivity index (χ0v) is 18.7. The van der Waals surface area contributed by atoms with Crippen molar-refractivity contribution < 1.29 is 4.43 Å². The molecule has 1 N–H and O–H groups in total. The highest BCUT2D eigenvalue weighted by Gasteiger charge is 2.50. The molecule has 3 aromatic carbocycles. The van der Waals surface area contributed by atoms with Crippen LogP contribution in [-0.4, -0.2) is 21.5 Å². The molecule has 0 saturated heterocycles. The van der Waals surface area contributed by atoms with Gasteiger partial charge in [-0.15, -0.1) is 0 Å². The molecule has 0 saturated carbocycles. The summed E-state index contributed by atoms with van der Waals surface area (Å²) in [5.74, 6) is 0.425. The minimum Gasteiger partial charge on any atom is -0.407 e. The normalized spacial score (nSPS) is 16.7. The van der Waals surface area contributed by atoms with E-state index in [4.69, 9.17) is 4.43 Å². The van der Waals surface area contributed by atoms with Crippen molar-refractivity contribution in [3.8, 4) is 0 Å². The fraction of sp³-hybridized carbons (Fsp3) is 0.308. The molecule has 1 atom stereocenters. The van der Waals surface area contributed by atoms with Crippen LogP contribution in [0, 0.1) is 0 Å². The van der Waals surface area contributed by atoms with Gasteiger partial charge < -0.3 is 9.74 Å². The van der Waals surface area contributed by atoms with Crippen molar-refractivity contribution in [3.63, 3.8) is 0 Å². The average molecular weight is 402 g/mol. The molecule has 2 nitrogen and oxygen atoms in total. The molecule has 0 fully saturated rings. The lowest BCUT2D eigenvalue weighted by Gasteiger charge is -2.44. The maximum absolute atomic E-state index is 7.17. The van der Waals surface area contributed by atoms with Crippen LogP contribution in [-0.2, 0) is 4.43 Å². The van der Waals surface area contributed by atoms with E-state index in [9.17, 15) is 0 Å². The number of para-hydroxylation sites is 1. The Morgan fingerprint density at radius 1 is 0.828 bits per heavy atom. The number of anilines is 1. The van der Waals surface area contributed by atoms with Crippen LogP contribution in [0.1, 0.15) is 38.7 Å². The van der Waals surface area contributed by atoms with Crippen molar-refractivity contribution >= 4 is 24.4 Å². The van der Waals surface area contributed by atoms with E-state index in [0.29, 0.717) is 5.92 Å². The highest BCUT2D eigenvalue weighted by molar-refractivity contribution is 6.99. The minimum atomic E-state index is -2.47. The molecule has 3 aromatic rings. The van der Waals surface area contributed by atoms with E-state index in [1.54, 1.807) is 0 Å². The van der Waals surface area contributed by atoms with Crippen molar-refractivity contribution in [2.24, 2.45) is 0 Å². The van der Waals surface area contributed by atoms with Gasteiger partial charge in [-0.3, -0.25) is 0 Å². The van der Waals surface area contributed by atoms with Crippen LogP contribution < -0.4 is 15.7 Å². The van der Waals surface area contributed by atoms with Crippen molar-refractivity contribution in [3.05, 3.63) is 90.5 Å². The lowest BCUT2D eigenvalue weighted by Crippen LogP contribution is -2.66. The van der Waals surface area contributed by atoms with Crippen LogP contribution in [0.5, 0.6) is 0 Å². The standard InChI is InChI=1S/C26H31NOSi/c1-26(2,3)29(22-12-6-4-7-13-22,23-14-8-5-9-15-23)28-20-21-18-19-27-25-17-11-10-16-24(21)25/h4-17,21,27H,18-20H2,1-3H3. The third-order valence-electron chi connectivity index (χ3n) is 6.13. The molecule has 1 aliphatic rings. The van der Waals surface area contributed by atoms with Crippen LogP contribution in [0.3, 0.4) is 0 Å². The molecule has 1 unspecified atom stereocenters. The number of hydrogen-bond donors (Lipinski definition) is 1. The highest BCUT2D eigenvalue weighted by Crippen LogP contribution is 2.39. The van der Waals surface area contributed by atoms with Crippen LogP contribution in [0.15, 0.2) is 84.9 Å². The minimum absolute atomic E-state index is 0.0160. The van der Waals surface area contributed by atoms with E-state index in [2.05, 4.69) is 111 Å². The van der Waals surface area contributed by atoms with Crippen molar-refractivity contribution in [2.75, 3.05) is 18.5 Å². The molecule has 0 radical (unpaired) electrons. The quantitative estimate of drug-likeness (QED) is 0.596. The first-order valence-corrected chi connectivity index (χ1v) is 12.5. The van der Waals surface area contributed by atoms with Gasteiger partial charge in [0.1, 0.15) is 0 Å². The Hall–Kier alpha value is -2.36. The summed E-state index contributed by atoms with van der Waals surface area (Å²) in [4.78, 5) is 0. The van der Waals surface area contributed by atoms with Gasteiger partial charge in [0.15, 0.2) is 0 Å². The van der Waals surface area contributed by atoms with Gasteiger partial charge in [-0.2, -0.15) is 0 Å². The molecule has 0 aromatic heterocycles. The summed E-state index contributed by atoms with van der Waals surface area (Å²) >= 11 is 0. The van der Waals surface area contributed by atoms with Gasteiger partial charge >= 0.3 is 0 Å². The van der Waals surface area contributed by atoms with Gasteiger partial charge in [0, 0.05) is 24.8 Å². The fourth-order valence-corrected chi connectivity index (χ4v) is 9.32. The molecule has 0 spiro atoms. The van der Waals surface area contributed by atoms with E-state index in [0.717, 1.165) is 19.6 Å². The van der Waals surface area contributed by atoms with Gasteiger partial charge in [0.2, 0.25) is 0 Å². The predicted molar refractivity (Wildman–Crippen MR) is 126 cm³/mol. The van der Waals surface area contributed by atoms with Gasteiger partial charge in [-0.1, -0.05) is 99.6 Å². The van der Waals surface area contributed by atoms with Crippen LogP contribution in [0.25, 0.3) is 0 Å². The van der Waals surface area contributed by atoms with Gasteiger partial charge in [-0.25, -0.2) is 0 Å². The molecule has 0 amide bonds. The highest BCUT2D eigenvalue weighted by atomic mass is 28.4. The third-order valence-corrected chi connectivity index (χ3v) is 11.1. The van der Waals surface area contributed by atoms with E-state index in [-0.39, 0.29) is 5.04 Å². The van der Waals surface area contributed by atoms with E-state index in [1.807, 2.05) is 0 Å². The van der Waals surface area contributed by atoms with E-state index < -0.39 is 8.32 Å². The maximum atomic E-state index is 7.17. The summed E-state index contributed by atoms with van der Waals surface area (Å²) in [6, 6.07) is 30.5. The summed E-state index contributed by atoms with van der Waals surface area (Å²) in [5, 5.41) is 6.25. The fourth-order valence-electron chi connectivity index (χ4n) is 4.71. The Balaban J connectivity index is 1.76. The van der Waals surface area contributed by atoms with Gasteiger partial charge in [0.05, 0.1) is 0 Å².